The van der Waals surface area contributed by atoms with Crippen molar-refractivity contribution < 1.29 is 4.79 Å². The molecule has 0 aromatic carbocycles. The first kappa shape index (κ1) is 15.2. The molecule has 0 spiro atoms. The molecule has 1 saturated carbocycles. The third kappa shape index (κ3) is 3.16. The maximum absolute atomic E-state index is 13.0. The fraction of sp³-hybridized carbons (Fsp3) is 0.778. The number of rotatable bonds is 3. The molecule has 2 heterocycles. The number of nitrogens with one attached hydrogen (secondary N) is 1. The van der Waals surface area contributed by atoms with Gasteiger partial charge in [-0.25, -0.2) is 4.98 Å². The molecule has 5 nitrogen and oxygen atoms in total. The van der Waals surface area contributed by atoms with E-state index in [1.54, 1.807) is 6.33 Å². The maximum Gasteiger partial charge on any atom is 0.231 e. The number of carbonyl (C=O) groups excluding carboxylic acids is 1. The van der Waals surface area contributed by atoms with Gasteiger partial charge in [0.1, 0.15) is 0 Å². The molecule has 2 fully saturated rings. The summed E-state index contributed by atoms with van der Waals surface area (Å²) >= 11 is 0. The third-order valence-corrected chi connectivity index (χ3v) is 5.94. The predicted octanol–water partition coefficient (Wildman–Crippen LogP) is 2.16. The zero-order chi connectivity index (χ0) is 15.6. The Kier molecular flexibility index (Phi) is 4.38. The van der Waals surface area contributed by atoms with Crippen molar-refractivity contribution in [2.24, 2.45) is 5.92 Å². The summed E-state index contributed by atoms with van der Waals surface area (Å²) in [5.74, 6) is 1.22. The van der Waals surface area contributed by atoms with Gasteiger partial charge in [-0.15, -0.1) is 0 Å². The zero-order valence-electron chi connectivity index (χ0n) is 14.0. The minimum absolute atomic E-state index is 0.0109. The molecule has 5 heteroatoms. The second kappa shape index (κ2) is 6.63. The molecule has 1 atom stereocenters. The van der Waals surface area contributed by atoms with E-state index in [9.17, 15) is 4.79 Å². The van der Waals surface area contributed by atoms with Crippen molar-refractivity contribution in [3.8, 4) is 0 Å². The molecular weight excluding hydrogens is 288 g/mol. The van der Waals surface area contributed by atoms with Crippen molar-refractivity contribution in [3.63, 3.8) is 0 Å². The molecular formula is C18H28N4O. The summed E-state index contributed by atoms with van der Waals surface area (Å²) in [5.41, 5.74) is 2.19. The minimum atomic E-state index is -0.0109. The van der Waals surface area contributed by atoms with Gasteiger partial charge in [0.2, 0.25) is 5.91 Å². The number of amides is 1. The third-order valence-electron chi connectivity index (χ3n) is 5.94. The van der Waals surface area contributed by atoms with Crippen LogP contribution in [0.1, 0.15) is 55.8 Å². The van der Waals surface area contributed by atoms with Crippen LogP contribution in [0, 0.1) is 5.92 Å². The number of aromatic amines is 1. The van der Waals surface area contributed by atoms with Gasteiger partial charge in [-0.3, -0.25) is 4.79 Å². The summed E-state index contributed by atoms with van der Waals surface area (Å²) in [6, 6.07) is 0. The maximum atomic E-state index is 13.0. The molecule has 1 amide bonds. The van der Waals surface area contributed by atoms with E-state index < -0.39 is 0 Å². The Morgan fingerprint density at radius 1 is 1.13 bits per heavy atom. The van der Waals surface area contributed by atoms with Gasteiger partial charge in [0.05, 0.1) is 17.9 Å². The zero-order valence-corrected chi connectivity index (χ0v) is 14.0. The fourth-order valence-corrected chi connectivity index (χ4v) is 4.33. The van der Waals surface area contributed by atoms with Gasteiger partial charge in [-0.05, 0) is 51.0 Å². The van der Waals surface area contributed by atoms with Crippen molar-refractivity contribution in [2.45, 2.75) is 50.9 Å². The quantitative estimate of drug-likeness (QED) is 0.930. The highest BCUT2D eigenvalue weighted by Crippen LogP contribution is 2.31. The van der Waals surface area contributed by atoms with E-state index in [1.807, 2.05) is 0 Å². The van der Waals surface area contributed by atoms with Gasteiger partial charge >= 0.3 is 0 Å². The Labute approximate surface area is 138 Å². The fourth-order valence-electron chi connectivity index (χ4n) is 4.33. The van der Waals surface area contributed by atoms with Gasteiger partial charge in [0.15, 0.2) is 0 Å². The molecule has 3 aliphatic rings. The van der Waals surface area contributed by atoms with Crippen LogP contribution in [0.15, 0.2) is 6.33 Å². The molecule has 0 radical (unpaired) electrons. The molecule has 1 N–H and O–H groups in total. The number of aromatic nitrogens is 2. The first-order valence-electron chi connectivity index (χ1n) is 9.34. The normalized spacial score (nSPS) is 26.4. The van der Waals surface area contributed by atoms with E-state index in [0.29, 0.717) is 5.91 Å². The number of aryl methyl sites for hydroxylation is 1. The van der Waals surface area contributed by atoms with Crippen LogP contribution in [0.2, 0.25) is 0 Å². The van der Waals surface area contributed by atoms with Crippen molar-refractivity contribution >= 4 is 5.91 Å². The Balaban J connectivity index is 1.37. The van der Waals surface area contributed by atoms with Crippen LogP contribution in [-0.2, 0) is 11.2 Å². The average Bonchev–Trinajstić information content (AvgIpc) is 2.88. The van der Waals surface area contributed by atoms with Crippen LogP contribution in [0.4, 0.5) is 0 Å². The summed E-state index contributed by atoms with van der Waals surface area (Å²) in [6.07, 6.45) is 10.2. The van der Waals surface area contributed by atoms with E-state index in [1.165, 1.54) is 31.5 Å². The summed E-state index contributed by atoms with van der Waals surface area (Å²) in [7, 11) is 0. The highest BCUT2D eigenvalue weighted by molar-refractivity contribution is 5.83. The van der Waals surface area contributed by atoms with Gasteiger partial charge < -0.3 is 14.8 Å². The molecule has 1 aromatic heterocycles. The van der Waals surface area contributed by atoms with E-state index >= 15 is 0 Å². The molecule has 1 aromatic rings. The molecule has 1 aliphatic heterocycles. The summed E-state index contributed by atoms with van der Waals surface area (Å²) in [4.78, 5) is 25.4. The number of imidazole rings is 1. The first-order chi connectivity index (χ1) is 11.3. The smallest absolute Gasteiger partial charge is 0.231 e. The predicted molar refractivity (Wildman–Crippen MR) is 89.2 cm³/mol. The van der Waals surface area contributed by atoms with Crippen molar-refractivity contribution in [1.29, 1.82) is 0 Å². The van der Waals surface area contributed by atoms with E-state index in [2.05, 4.69) is 19.8 Å². The summed E-state index contributed by atoms with van der Waals surface area (Å²) < 4.78 is 0. The largest absolute Gasteiger partial charge is 0.348 e. The van der Waals surface area contributed by atoms with Crippen LogP contribution in [-0.4, -0.2) is 58.4 Å². The number of fused-ring (bicyclic) bond motifs is 1. The topological polar surface area (TPSA) is 52.2 Å². The monoisotopic (exact) mass is 316 g/mol. The lowest BCUT2D eigenvalue weighted by Crippen LogP contribution is -2.40. The van der Waals surface area contributed by atoms with E-state index in [0.717, 1.165) is 63.5 Å². The summed E-state index contributed by atoms with van der Waals surface area (Å²) in [6.45, 7) is 5.24. The second-order valence-electron chi connectivity index (χ2n) is 7.49. The summed E-state index contributed by atoms with van der Waals surface area (Å²) in [5, 5.41) is 0. The van der Waals surface area contributed by atoms with Crippen LogP contribution in [0.3, 0.4) is 0 Å². The van der Waals surface area contributed by atoms with Crippen molar-refractivity contribution in [1.82, 2.24) is 19.8 Å². The molecule has 23 heavy (non-hydrogen) atoms. The van der Waals surface area contributed by atoms with Crippen LogP contribution in [0.5, 0.6) is 0 Å². The van der Waals surface area contributed by atoms with Gasteiger partial charge in [-0.1, -0.05) is 6.42 Å². The molecule has 4 rings (SSSR count). The second-order valence-corrected chi connectivity index (χ2v) is 7.49. The van der Waals surface area contributed by atoms with Crippen LogP contribution >= 0.6 is 0 Å². The lowest BCUT2D eigenvalue weighted by atomic mass is 9.85. The average molecular weight is 316 g/mol. The Hall–Kier alpha value is -1.36. The van der Waals surface area contributed by atoms with E-state index in [-0.39, 0.29) is 5.92 Å². The SMILES string of the molecule is O=C(C1CCCc2[nH]cnc21)N1CCCN(CC2CCC2)CC1. The first-order valence-corrected chi connectivity index (χ1v) is 9.34. The number of H-pyrrole nitrogens is 1. The Morgan fingerprint density at radius 3 is 2.87 bits per heavy atom. The number of nitrogens with zero attached hydrogens (tertiary/aromatic N) is 3. The number of hydrogen-bond donors (Lipinski definition) is 1. The van der Waals surface area contributed by atoms with Crippen LogP contribution in [0.25, 0.3) is 0 Å². The highest BCUT2D eigenvalue weighted by Gasteiger charge is 2.33. The lowest BCUT2D eigenvalue weighted by Gasteiger charge is -2.32. The molecule has 126 valence electrons. The minimum Gasteiger partial charge on any atom is -0.348 e. The number of carbonyl (C=O) groups is 1. The molecule has 1 saturated heterocycles. The molecule has 2 aliphatic carbocycles. The molecule has 0 bridgehead atoms. The lowest BCUT2D eigenvalue weighted by molar-refractivity contribution is -0.133. The Bertz CT molecular complexity index is 551. The van der Waals surface area contributed by atoms with Crippen molar-refractivity contribution in [2.75, 3.05) is 32.7 Å². The Morgan fingerprint density at radius 2 is 2.04 bits per heavy atom. The van der Waals surface area contributed by atoms with Gasteiger partial charge in [0.25, 0.3) is 0 Å². The van der Waals surface area contributed by atoms with Crippen LogP contribution < -0.4 is 0 Å². The number of hydrogen-bond acceptors (Lipinski definition) is 3. The van der Waals surface area contributed by atoms with Gasteiger partial charge in [0, 0.05) is 31.9 Å². The van der Waals surface area contributed by atoms with Gasteiger partial charge in [-0.2, -0.15) is 0 Å². The van der Waals surface area contributed by atoms with Crippen molar-refractivity contribution in [3.05, 3.63) is 17.7 Å². The molecule has 1 unspecified atom stereocenters. The standard InChI is InChI=1S/C18H28N4O/c23-18(15-6-2-7-16-17(15)20-13-19-16)22-9-3-8-21(10-11-22)12-14-4-1-5-14/h13-15H,1-12H2,(H,19,20). The highest BCUT2D eigenvalue weighted by atomic mass is 16.2. The van der Waals surface area contributed by atoms with E-state index in [4.69, 9.17) is 0 Å².